The molecule has 0 saturated heterocycles. The monoisotopic (exact) mass is 161 g/mol. The van der Waals surface area contributed by atoms with Crippen LogP contribution in [0.15, 0.2) is 0 Å². The number of aliphatic hydroxyl groups is 1. The molecule has 0 aromatic heterocycles. The van der Waals surface area contributed by atoms with E-state index in [1.54, 1.807) is 7.11 Å². The molecule has 0 aliphatic carbocycles. The van der Waals surface area contributed by atoms with Crippen molar-refractivity contribution in [1.82, 2.24) is 5.32 Å². The van der Waals surface area contributed by atoms with Gasteiger partial charge in [0.05, 0.1) is 13.2 Å². The zero-order valence-corrected chi connectivity index (χ0v) is 7.63. The van der Waals surface area contributed by atoms with E-state index in [1.165, 1.54) is 0 Å². The van der Waals surface area contributed by atoms with Gasteiger partial charge in [0.1, 0.15) is 0 Å². The molecular weight excluding hydrogens is 142 g/mol. The third-order valence-corrected chi connectivity index (χ3v) is 1.65. The molecule has 3 nitrogen and oxygen atoms in total. The van der Waals surface area contributed by atoms with Gasteiger partial charge >= 0.3 is 0 Å². The average molecular weight is 161 g/mol. The van der Waals surface area contributed by atoms with E-state index in [4.69, 9.17) is 9.84 Å². The summed E-state index contributed by atoms with van der Waals surface area (Å²) in [6.07, 6.45) is 0.949. The molecule has 2 atom stereocenters. The normalized spacial score (nSPS) is 16.4. The van der Waals surface area contributed by atoms with E-state index in [1.807, 2.05) is 13.8 Å². The van der Waals surface area contributed by atoms with Gasteiger partial charge < -0.3 is 15.2 Å². The van der Waals surface area contributed by atoms with Gasteiger partial charge in [-0.1, -0.05) is 6.92 Å². The molecule has 0 bridgehead atoms. The summed E-state index contributed by atoms with van der Waals surface area (Å²) in [5.41, 5.74) is 0. The van der Waals surface area contributed by atoms with Gasteiger partial charge in [-0.05, 0) is 13.3 Å². The number of hydrogen-bond acceptors (Lipinski definition) is 3. The number of hydrogen-bond donors (Lipinski definition) is 2. The van der Waals surface area contributed by atoms with Crippen LogP contribution in [0.5, 0.6) is 0 Å². The lowest BCUT2D eigenvalue weighted by Crippen LogP contribution is -2.40. The van der Waals surface area contributed by atoms with Crippen molar-refractivity contribution in [2.24, 2.45) is 0 Å². The van der Waals surface area contributed by atoms with Crippen LogP contribution in [0.4, 0.5) is 0 Å². The van der Waals surface area contributed by atoms with Crippen LogP contribution in [0.1, 0.15) is 20.3 Å². The quantitative estimate of drug-likeness (QED) is 0.592. The van der Waals surface area contributed by atoms with E-state index in [0.29, 0.717) is 12.6 Å². The fourth-order valence-electron chi connectivity index (χ4n) is 1.00. The third kappa shape index (κ3) is 5.18. The first kappa shape index (κ1) is 10.9. The Labute approximate surface area is 68.8 Å². The van der Waals surface area contributed by atoms with E-state index in [9.17, 15) is 0 Å². The van der Waals surface area contributed by atoms with Gasteiger partial charge in [0.2, 0.25) is 0 Å². The number of aliphatic hydroxyl groups excluding tert-OH is 1. The number of rotatable bonds is 6. The maximum absolute atomic E-state index is 8.84. The second-order valence-corrected chi connectivity index (χ2v) is 2.81. The second kappa shape index (κ2) is 6.58. The molecule has 3 heteroatoms. The Bertz CT molecular complexity index is 84.2. The van der Waals surface area contributed by atoms with E-state index in [-0.39, 0.29) is 12.6 Å². The van der Waals surface area contributed by atoms with Crippen LogP contribution in [0.2, 0.25) is 0 Å². The Hall–Kier alpha value is -0.120. The van der Waals surface area contributed by atoms with Crippen molar-refractivity contribution in [3.05, 3.63) is 0 Å². The van der Waals surface area contributed by atoms with Crippen LogP contribution >= 0.6 is 0 Å². The molecule has 0 aromatic carbocycles. The topological polar surface area (TPSA) is 41.5 Å². The molecule has 0 unspecified atom stereocenters. The highest BCUT2D eigenvalue weighted by atomic mass is 16.5. The van der Waals surface area contributed by atoms with E-state index < -0.39 is 0 Å². The van der Waals surface area contributed by atoms with Crippen molar-refractivity contribution in [3.8, 4) is 0 Å². The summed E-state index contributed by atoms with van der Waals surface area (Å²) < 4.78 is 4.95. The predicted molar refractivity (Wildman–Crippen MR) is 45.6 cm³/mol. The molecule has 0 saturated carbocycles. The van der Waals surface area contributed by atoms with Crippen molar-refractivity contribution in [2.75, 3.05) is 20.3 Å². The highest BCUT2D eigenvalue weighted by Gasteiger charge is 2.07. The Morgan fingerprint density at radius 3 is 2.55 bits per heavy atom. The maximum Gasteiger partial charge on any atom is 0.0613 e. The van der Waals surface area contributed by atoms with Crippen LogP contribution in [0.25, 0.3) is 0 Å². The van der Waals surface area contributed by atoms with Gasteiger partial charge in [0.25, 0.3) is 0 Å². The largest absolute Gasteiger partial charge is 0.395 e. The van der Waals surface area contributed by atoms with Crippen LogP contribution < -0.4 is 5.32 Å². The standard InChI is InChI=1S/C8H19NO2/c1-4-8(5-10)9-7(2)6-11-3/h7-10H,4-6H2,1-3H3/t7-,8+/m1/s1. The first-order valence-corrected chi connectivity index (χ1v) is 4.10. The zero-order chi connectivity index (χ0) is 8.69. The minimum atomic E-state index is 0.199. The van der Waals surface area contributed by atoms with Gasteiger partial charge in [0, 0.05) is 19.2 Å². The van der Waals surface area contributed by atoms with Crippen molar-refractivity contribution < 1.29 is 9.84 Å². The summed E-state index contributed by atoms with van der Waals surface area (Å²) in [5, 5.41) is 12.1. The summed E-state index contributed by atoms with van der Waals surface area (Å²) >= 11 is 0. The van der Waals surface area contributed by atoms with E-state index in [0.717, 1.165) is 6.42 Å². The molecule has 0 spiro atoms. The molecule has 2 N–H and O–H groups in total. The average Bonchev–Trinajstić information content (AvgIpc) is 2.01. The highest BCUT2D eigenvalue weighted by Crippen LogP contribution is 1.92. The van der Waals surface area contributed by atoms with Gasteiger partial charge in [-0.2, -0.15) is 0 Å². The molecule has 0 heterocycles. The zero-order valence-electron chi connectivity index (χ0n) is 7.63. The maximum atomic E-state index is 8.84. The first-order chi connectivity index (χ1) is 5.24. The number of methoxy groups -OCH3 is 1. The summed E-state index contributed by atoms with van der Waals surface area (Å²) in [6, 6.07) is 0.525. The molecule has 11 heavy (non-hydrogen) atoms. The fourth-order valence-corrected chi connectivity index (χ4v) is 1.00. The van der Waals surface area contributed by atoms with E-state index >= 15 is 0 Å². The molecule has 0 fully saturated rings. The lowest BCUT2D eigenvalue weighted by molar-refractivity contribution is 0.153. The molecule has 0 amide bonds. The minimum absolute atomic E-state index is 0.199. The van der Waals surface area contributed by atoms with Crippen LogP contribution in [0, 0.1) is 0 Å². The summed E-state index contributed by atoms with van der Waals surface area (Å²) in [5.74, 6) is 0. The molecule has 0 rings (SSSR count). The van der Waals surface area contributed by atoms with Crippen LogP contribution in [-0.2, 0) is 4.74 Å². The minimum Gasteiger partial charge on any atom is -0.395 e. The smallest absolute Gasteiger partial charge is 0.0613 e. The van der Waals surface area contributed by atoms with Crippen molar-refractivity contribution in [2.45, 2.75) is 32.4 Å². The SMILES string of the molecule is CC[C@@H](CO)N[C@H](C)COC. The Morgan fingerprint density at radius 1 is 1.55 bits per heavy atom. The van der Waals surface area contributed by atoms with E-state index in [2.05, 4.69) is 5.32 Å². The number of ether oxygens (including phenoxy) is 1. The molecule has 68 valence electrons. The van der Waals surface area contributed by atoms with Gasteiger partial charge in [-0.25, -0.2) is 0 Å². The lowest BCUT2D eigenvalue weighted by Gasteiger charge is -2.19. The summed E-state index contributed by atoms with van der Waals surface area (Å²) in [6.45, 7) is 4.98. The number of nitrogens with one attached hydrogen (secondary N) is 1. The first-order valence-electron chi connectivity index (χ1n) is 4.10. The lowest BCUT2D eigenvalue weighted by atomic mass is 10.2. The molecule has 0 aliphatic rings. The Balaban J connectivity index is 3.44. The second-order valence-electron chi connectivity index (χ2n) is 2.81. The molecule has 0 radical (unpaired) electrons. The Kier molecular flexibility index (Phi) is 6.51. The van der Waals surface area contributed by atoms with Crippen molar-refractivity contribution in [1.29, 1.82) is 0 Å². The molecular formula is C8H19NO2. The molecule has 0 aliphatic heterocycles. The molecule has 0 aromatic rings. The van der Waals surface area contributed by atoms with Gasteiger partial charge in [0.15, 0.2) is 0 Å². The van der Waals surface area contributed by atoms with Gasteiger partial charge in [-0.15, -0.1) is 0 Å². The predicted octanol–water partition coefficient (Wildman–Crippen LogP) is 0.382. The van der Waals surface area contributed by atoms with Crippen molar-refractivity contribution in [3.63, 3.8) is 0 Å². The summed E-state index contributed by atoms with van der Waals surface area (Å²) in [4.78, 5) is 0. The fraction of sp³-hybridized carbons (Fsp3) is 1.00. The van der Waals surface area contributed by atoms with Gasteiger partial charge in [-0.3, -0.25) is 0 Å². The van der Waals surface area contributed by atoms with Crippen LogP contribution in [-0.4, -0.2) is 37.5 Å². The van der Waals surface area contributed by atoms with Crippen LogP contribution in [0.3, 0.4) is 0 Å². The third-order valence-electron chi connectivity index (χ3n) is 1.65. The summed E-state index contributed by atoms with van der Waals surface area (Å²) in [7, 11) is 1.68. The highest BCUT2D eigenvalue weighted by molar-refractivity contribution is 4.68. The Morgan fingerprint density at radius 2 is 2.18 bits per heavy atom. The van der Waals surface area contributed by atoms with Crippen molar-refractivity contribution >= 4 is 0 Å².